The van der Waals surface area contributed by atoms with E-state index in [1.807, 2.05) is 6.07 Å². The third-order valence-corrected chi connectivity index (χ3v) is 3.36. The molecule has 0 bridgehead atoms. The molecule has 0 spiro atoms. The van der Waals surface area contributed by atoms with Gasteiger partial charge in [0, 0.05) is 6.20 Å². The minimum absolute atomic E-state index is 0.0604. The summed E-state index contributed by atoms with van der Waals surface area (Å²) in [6, 6.07) is 3.61. The lowest BCUT2D eigenvalue weighted by Crippen LogP contribution is -2.39. The molecule has 5 nitrogen and oxygen atoms in total. The Balaban J connectivity index is 2.27. The van der Waals surface area contributed by atoms with Crippen molar-refractivity contribution < 1.29 is 5.11 Å². The van der Waals surface area contributed by atoms with Gasteiger partial charge >= 0.3 is 0 Å². The molecule has 0 atom stereocenters. The van der Waals surface area contributed by atoms with Gasteiger partial charge in [-0.25, -0.2) is 4.98 Å². The molecule has 1 aromatic rings. The van der Waals surface area contributed by atoms with Gasteiger partial charge in [-0.05, 0) is 18.9 Å². The van der Waals surface area contributed by atoms with Crippen LogP contribution in [0.2, 0.25) is 0 Å². The Hall–Kier alpha value is -1.80. The van der Waals surface area contributed by atoms with Gasteiger partial charge in [0.2, 0.25) is 0 Å². The van der Waals surface area contributed by atoms with E-state index in [1.54, 1.807) is 12.3 Å². The molecule has 1 saturated carbocycles. The van der Waals surface area contributed by atoms with Crippen LogP contribution in [0.25, 0.3) is 0 Å². The number of aliphatic hydroxyl groups is 1. The highest BCUT2D eigenvalue weighted by Gasteiger charge is 2.33. The molecule has 1 fully saturated rings. The summed E-state index contributed by atoms with van der Waals surface area (Å²) in [5.41, 5.74) is 6.30. The van der Waals surface area contributed by atoms with Crippen molar-refractivity contribution in [3.63, 3.8) is 0 Å². The number of aliphatic hydroxyl groups excluding tert-OH is 1. The highest BCUT2D eigenvalue weighted by molar-refractivity contribution is 5.69. The number of nitriles is 1. The van der Waals surface area contributed by atoms with Gasteiger partial charge in [0.15, 0.2) is 5.82 Å². The number of nitrogens with two attached hydrogens (primary N) is 1. The molecule has 0 saturated heterocycles. The largest absolute Gasteiger partial charge is 0.395 e. The van der Waals surface area contributed by atoms with Gasteiger partial charge in [0.25, 0.3) is 0 Å². The molecular formula is C12H16N4O. The summed E-state index contributed by atoms with van der Waals surface area (Å²) < 4.78 is 0. The second-order valence-electron chi connectivity index (χ2n) is 4.50. The summed E-state index contributed by atoms with van der Waals surface area (Å²) in [5, 5.41) is 21.6. The predicted molar refractivity (Wildman–Crippen MR) is 65.3 cm³/mol. The third kappa shape index (κ3) is 2.17. The first-order valence-corrected chi connectivity index (χ1v) is 5.74. The zero-order valence-corrected chi connectivity index (χ0v) is 9.61. The molecule has 1 aromatic heterocycles. The van der Waals surface area contributed by atoms with Crippen LogP contribution in [-0.4, -0.2) is 22.2 Å². The average Bonchev–Trinajstić information content (AvgIpc) is 2.81. The summed E-state index contributed by atoms with van der Waals surface area (Å²) in [7, 11) is 0. The van der Waals surface area contributed by atoms with Crippen molar-refractivity contribution in [2.75, 3.05) is 17.7 Å². The van der Waals surface area contributed by atoms with Gasteiger partial charge in [-0.15, -0.1) is 0 Å². The topological polar surface area (TPSA) is 95.0 Å². The molecule has 0 aliphatic heterocycles. The fourth-order valence-electron chi connectivity index (χ4n) is 2.30. The second-order valence-corrected chi connectivity index (χ2v) is 4.50. The fraction of sp³-hybridized carbons (Fsp3) is 0.500. The monoisotopic (exact) mass is 232 g/mol. The van der Waals surface area contributed by atoms with Gasteiger partial charge in [-0.2, -0.15) is 5.26 Å². The summed E-state index contributed by atoms with van der Waals surface area (Å²) in [6.45, 7) is 0.0604. The highest BCUT2D eigenvalue weighted by Crippen LogP contribution is 2.34. The van der Waals surface area contributed by atoms with Gasteiger partial charge in [0.05, 0.1) is 23.4 Å². The van der Waals surface area contributed by atoms with Crippen molar-refractivity contribution in [2.24, 2.45) is 0 Å². The van der Waals surface area contributed by atoms with Gasteiger partial charge in [-0.3, -0.25) is 0 Å². The molecule has 4 N–H and O–H groups in total. The van der Waals surface area contributed by atoms with Gasteiger partial charge in [-0.1, -0.05) is 12.8 Å². The van der Waals surface area contributed by atoms with E-state index < -0.39 is 0 Å². The van der Waals surface area contributed by atoms with Gasteiger partial charge < -0.3 is 16.2 Å². The average molecular weight is 232 g/mol. The van der Waals surface area contributed by atoms with Crippen LogP contribution in [0.3, 0.4) is 0 Å². The minimum Gasteiger partial charge on any atom is -0.395 e. The molecule has 1 heterocycles. The molecule has 1 aliphatic rings. The number of hydrogen-bond donors (Lipinski definition) is 3. The van der Waals surface area contributed by atoms with E-state index in [4.69, 9.17) is 11.0 Å². The summed E-state index contributed by atoms with van der Waals surface area (Å²) in [5.74, 6) is 0.500. The maximum Gasteiger partial charge on any atom is 0.151 e. The van der Waals surface area contributed by atoms with E-state index in [1.165, 1.54) is 0 Å². The number of hydrogen-bond acceptors (Lipinski definition) is 5. The first-order valence-electron chi connectivity index (χ1n) is 5.74. The minimum atomic E-state index is -0.324. The van der Waals surface area contributed by atoms with Crippen LogP contribution in [0.15, 0.2) is 12.3 Å². The lowest BCUT2D eigenvalue weighted by molar-refractivity contribution is 0.214. The van der Waals surface area contributed by atoms with Crippen molar-refractivity contribution in [2.45, 2.75) is 31.2 Å². The summed E-state index contributed by atoms with van der Waals surface area (Å²) >= 11 is 0. The number of nitrogens with zero attached hydrogens (tertiary/aromatic N) is 2. The smallest absolute Gasteiger partial charge is 0.151 e. The number of pyridine rings is 1. The maximum atomic E-state index is 9.50. The van der Waals surface area contributed by atoms with Crippen LogP contribution in [0, 0.1) is 11.3 Å². The SMILES string of the molecule is N#Cc1ccnc(NC2(CO)CCCC2)c1N. The normalized spacial score (nSPS) is 17.6. The molecule has 0 radical (unpaired) electrons. The molecule has 1 aliphatic carbocycles. The van der Waals surface area contributed by atoms with E-state index in [-0.39, 0.29) is 12.1 Å². The van der Waals surface area contributed by atoms with Crippen LogP contribution in [-0.2, 0) is 0 Å². The highest BCUT2D eigenvalue weighted by atomic mass is 16.3. The van der Waals surface area contributed by atoms with Crippen LogP contribution >= 0.6 is 0 Å². The Morgan fingerprint density at radius 2 is 2.24 bits per heavy atom. The molecular weight excluding hydrogens is 216 g/mol. The Bertz CT molecular complexity index is 446. The summed E-state index contributed by atoms with van der Waals surface area (Å²) in [6.07, 6.45) is 5.54. The lowest BCUT2D eigenvalue weighted by atomic mass is 9.99. The molecule has 0 aromatic carbocycles. The van der Waals surface area contributed by atoms with Crippen molar-refractivity contribution in [1.29, 1.82) is 5.26 Å². The maximum absolute atomic E-state index is 9.50. The standard InChI is InChI=1S/C12H16N4O/c13-7-9-3-6-15-11(10(9)14)16-12(8-17)4-1-2-5-12/h3,6,17H,1-2,4-5,8,14H2,(H,15,16). The zero-order chi connectivity index (χ0) is 12.3. The van der Waals surface area contributed by atoms with Crippen LogP contribution in [0.5, 0.6) is 0 Å². The Morgan fingerprint density at radius 3 is 2.82 bits per heavy atom. The summed E-state index contributed by atoms with van der Waals surface area (Å²) in [4.78, 5) is 4.15. The van der Waals surface area contributed by atoms with Crippen molar-refractivity contribution >= 4 is 11.5 Å². The number of rotatable bonds is 3. The van der Waals surface area contributed by atoms with Crippen LogP contribution < -0.4 is 11.1 Å². The van der Waals surface area contributed by atoms with E-state index in [2.05, 4.69) is 10.3 Å². The Kier molecular flexibility index (Phi) is 3.16. The Morgan fingerprint density at radius 1 is 1.53 bits per heavy atom. The molecule has 0 unspecified atom stereocenters. The third-order valence-electron chi connectivity index (χ3n) is 3.36. The molecule has 5 heteroatoms. The molecule has 2 rings (SSSR count). The van der Waals surface area contributed by atoms with Gasteiger partial charge in [0.1, 0.15) is 6.07 Å². The number of anilines is 2. The fourth-order valence-corrected chi connectivity index (χ4v) is 2.30. The molecule has 0 amide bonds. The number of aromatic nitrogens is 1. The second kappa shape index (κ2) is 4.60. The quantitative estimate of drug-likeness (QED) is 0.729. The van der Waals surface area contributed by atoms with E-state index in [0.29, 0.717) is 17.1 Å². The van der Waals surface area contributed by atoms with Crippen LogP contribution in [0.4, 0.5) is 11.5 Å². The first kappa shape index (κ1) is 11.7. The molecule has 90 valence electrons. The molecule has 17 heavy (non-hydrogen) atoms. The van der Waals surface area contributed by atoms with Crippen molar-refractivity contribution in [3.05, 3.63) is 17.8 Å². The van der Waals surface area contributed by atoms with E-state index in [9.17, 15) is 5.11 Å². The van der Waals surface area contributed by atoms with Crippen molar-refractivity contribution in [1.82, 2.24) is 4.98 Å². The number of nitrogens with one attached hydrogen (secondary N) is 1. The number of nitrogen functional groups attached to an aromatic ring is 1. The Labute approximate surface area is 100 Å². The zero-order valence-electron chi connectivity index (χ0n) is 9.61. The van der Waals surface area contributed by atoms with E-state index >= 15 is 0 Å². The first-order chi connectivity index (χ1) is 8.21. The van der Waals surface area contributed by atoms with E-state index in [0.717, 1.165) is 25.7 Å². The lowest BCUT2D eigenvalue weighted by Gasteiger charge is -2.29. The van der Waals surface area contributed by atoms with Crippen LogP contribution in [0.1, 0.15) is 31.2 Å². The predicted octanol–water partition coefficient (Wildman–Crippen LogP) is 1.25. The van der Waals surface area contributed by atoms with Crippen molar-refractivity contribution in [3.8, 4) is 6.07 Å².